The lowest BCUT2D eigenvalue weighted by Gasteiger charge is -2.18. The van der Waals surface area contributed by atoms with E-state index in [9.17, 15) is 0 Å². The maximum atomic E-state index is 4.78. The Morgan fingerprint density at radius 2 is 1.62 bits per heavy atom. The highest BCUT2D eigenvalue weighted by atomic mass is 16.5. The fraction of sp³-hybridized carbons (Fsp3) is 0.600. The summed E-state index contributed by atoms with van der Waals surface area (Å²) in [7, 11) is 1.73. The minimum atomic E-state index is 0.293. The first-order valence-corrected chi connectivity index (χ1v) is 6.06. The van der Waals surface area contributed by atoms with Crippen LogP contribution in [-0.2, 0) is 10.2 Å². The third-order valence-electron chi connectivity index (χ3n) is 2.34. The number of hydrogen-bond acceptors (Lipinski definition) is 1. The minimum Gasteiger partial charge on any atom is -0.385 e. The number of ether oxygens (including phenoxy) is 1. The van der Waals surface area contributed by atoms with Gasteiger partial charge in [0.25, 0.3) is 0 Å². The van der Waals surface area contributed by atoms with Crippen molar-refractivity contribution >= 4 is 0 Å². The first-order valence-electron chi connectivity index (χ1n) is 6.06. The predicted molar refractivity (Wildman–Crippen MR) is 71.9 cm³/mol. The van der Waals surface area contributed by atoms with Gasteiger partial charge in [-0.1, -0.05) is 64.4 Å². The molecule has 0 saturated heterocycles. The van der Waals surface area contributed by atoms with Crippen LogP contribution >= 0.6 is 0 Å². The maximum Gasteiger partial charge on any atom is 0.0462 e. The van der Waals surface area contributed by atoms with Gasteiger partial charge in [-0.2, -0.15) is 0 Å². The molecule has 0 N–H and O–H groups in total. The van der Waals surface area contributed by atoms with E-state index in [1.54, 1.807) is 7.11 Å². The molecule has 0 saturated carbocycles. The van der Waals surface area contributed by atoms with Crippen LogP contribution < -0.4 is 0 Å². The van der Waals surface area contributed by atoms with E-state index in [2.05, 4.69) is 58.0 Å². The van der Waals surface area contributed by atoms with E-state index in [1.165, 1.54) is 18.4 Å². The lowest BCUT2D eigenvalue weighted by Crippen LogP contribution is -2.10. The zero-order chi connectivity index (χ0) is 12.4. The highest BCUT2D eigenvalue weighted by Gasteiger charge is 2.11. The van der Waals surface area contributed by atoms with Gasteiger partial charge in [-0.3, -0.25) is 0 Å². The quantitative estimate of drug-likeness (QED) is 0.688. The molecule has 0 bridgehead atoms. The Bertz CT molecular complexity index is 242. The largest absolute Gasteiger partial charge is 0.385 e. The summed E-state index contributed by atoms with van der Waals surface area (Å²) >= 11 is 0. The molecule has 1 heteroatoms. The Morgan fingerprint density at radius 1 is 1.06 bits per heavy atom. The Kier molecular flexibility index (Phi) is 7.92. The van der Waals surface area contributed by atoms with Gasteiger partial charge in [-0.15, -0.1) is 0 Å². The first-order chi connectivity index (χ1) is 7.52. The van der Waals surface area contributed by atoms with Crippen molar-refractivity contribution in [2.45, 2.75) is 46.0 Å². The first kappa shape index (κ1) is 15.2. The van der Waals surface area contributed by atoms with Crippen molar-refractivity contribution in [3.8, 4) is 0 Å². The van der Waals surface area contributed by atoms with Crippen LogP contribution in [0.5, 0.6) is 0 Å². The molecule has 0 radical (unpaired) electrons. The Hall–Kier alpha value is -0.820. The SMILES string of the molecule is CC(C)(C)c1ccccc1.CCCCOC. The van der Waals surface area contributed by atoms with Gasteiger partial charge in [0, 0.05) is 13.7 Å². The molecule has 1 rings (SSSR count). The monoisotopic (exact) mass is 222 g/mol. The van der Waals surface area contributed by atoms with Crippen LogP contribution in [0.1, 0.15) is 46.1 Å². The highest BCUT2D eigenvalue weighted by molar-refractivity contribution is 5.21. The van der Waals surface area contributed by atoms with Gasteiger partial charge in [-0.25, -0.2) is 0 Å². The van der Waals surface area contributed by atoms with Crippen LogP contribution in [0.2, 0.25) is 0 Å². The molecule has 0 aliphatic rings. The molecule has 0 aliphatic carbocycles. The lowest BCUT2D eigenvalue weighted by molar-refractivity contribution is 0.194. The van der Waals surface area contributed by atoms with Gasteiger partial charge >= 0.3 is 0 Å². The van der Waals surface area contributed by atoms with Crippen LogP contribution in [0.3, 0.4) is 0 Å². The molecule has 0 aliphatic heterocycles. The van der Waals surface area contributed by atoms with E-state index >= 15 is 0 Å². The van der Waals surface area contributed by atoms with Crippen molar-refractivity contribution in [2.24, 2.45) is 0 Å². The van der Waals surface area contributed by atoms with Crippen LogP contribution in [0.4, 0.5) is 0 Å². The van der Waals surface area contributed by atoms with Gasteiger partial charge in [0.2, 0.25) is 0 Å². The topological polar surface area (TPSA) is 9.23 Å². The second-order valence-electron chi connectivity index (χ2n) is 4.96. The summed E-state index contributed by atoms with van der Waals surface area (Å²) in [4.78, 5) is 0. The third kappa shape index (κ3) is 7.47. The van der Waals surface area contributed by atoms with E-state index in [0.29, 0.717) is 5.41 Å². The van der Waals surface area contributed by atoms with Crippen molar-refractivity contribution in [3.05, 3.63) is 35.9 Å². The Balaban J connectivity index is 0.000000325. The van der Waals surface area contributed by atoms with E-state index in [-0.39, 0.29) is 0 Å². The van der Waals surface area contributed by atoms with Crippen molar-refractivity contribution in [2.75, 3.05) is 13.7 Å². The standard InChI is InChI=1S/C10H14.C5H12O/c1-10(2,3)9-7-5-4-6-8-9;1-3-4-5-6-2/h4-8H,1-3H3;3-5H2,1-2H3. The second-order valence-corrected chi connectivity index (χ2v) is 4.96. The van der Waals surface area contributed by atoms with Crippen molar-refractivity contribution < 1.29 is 4.74 Å². The highest BCUT2D eigenvalue weighted by Crippen LogP contribution is 2.20. The summed E-state index contributed by atoms with van der Waals surface area (Å²) in [6.45, 7) is 9.74. The second kappa shape index (κ2) is 8.35. The third-order valence-corrected chi connectivity index (χ3v) is 2.34. The molecule has 0 fully saturated rings. The molecular weight excluding hydrogens is 196 g/mol. The maximum absolute atomic E-state index is 4.78. The number of benzene rings is 1. The summed E-state index contributed by atoms with van der Waals surface area (Å²) in [5.74, 6) is 0. The van der Waals surface area contributed by atoms with Crippen molar-refractivity contribution in [3.63, 3.8) is 0 Å². The molecule has 0 spiro atoms. The number of rotatable bonds is 3. The zero-order valence-corrected chi connectivity index (χ0v) is 11.4. The molecule has 92 valence electrons. The molecule has 0 unspecified atom stereocenters. The molecule has 0 atom stereocenters. The molecule has 1 aromatic carbocycles. The summed E-state index contributed by atoms with van der Waals surface area (Å²) in [6.07, 6.45) is 2.42. The molecule has 0 heterocycles. The average Bonchev–Trinajstić information content (AvgIpc) is 2.27. The molecule has 1 aromatic rings. The van der Waals surface area contributed by atoms with Gasteiger partial charge in [0.05, 0.1) is 0 Å². The molecule has 0 aromatic heterocycles. The Morgan fingerprint density at radius 3 is 1.88 bits per heavy atom. The van der Waals surface area contributed by atoms with E-state index in [4.69, 9.17) is 4.74 Å². The van der Waals surface area contributed by atoms with Crippen LogP contribution in [0.15, 0.2) is 30.3 Å². The lowest BCUT2D eigenvalue weighted by atomic mass is 9.87. The zero-order valence-electron chi connectivity index (χ0n) is 11.4. The number of hydrogen-bond donors (Lipinski definition) is 0. The van der Waals surface area contributed by atoms with Crippen LogP contribution in [0, 0.1) is 0 Å². The van der Waals surface area contributed by atoms with E-state index in [1.807, 2.05) is 0 Å². The smallest absolute Gasteiger partial charge is 0.0462 e. The van der Waals surface area contributed by atoms with Gasteiger partial charge < -0.3 is 4.74 Å². The average molecular weight is 222 g/mol. The number of methoxy groups -OCH3 is 1. The van der Waals surface area contributed by atoms with Crippen LogP contribution in [0.25, 0.3) is 0 Å². The van der Waals surface area contributed by atoms with Gasteiger partial charge in [0.15, 0.2) is 0 Å². The van der Waals surface area contributed by atoms with Crippen molar-refractivity contribution in [1.29, 1.82) is 0 Å². The Labute approximate surface area is 101 Å². The van der Waals surface area contributed by atoms with Gasteiger partial charge in [0.1, 0.15) is 0 Å². The van der Waals surface area contributed by atoms with Crippen LogP contribution in [-0.4, -0.2) is 13.7 Å². The fourth-order valence-corrected chi connectivity index (χ4v) is 1.23. The summed E-state index contributed by atoms with van der Waals surface area (Å²) in [5.41, 5.74) is 1.69. The fourth-order valence-electron chi connectivity index (χ4n) is 1.23. The summed E-state index contributed by atoms with van der Waals surface area (Å²) in [6, 6.07) is 10.6. The molecule has 1 nitrogen and oxygen atoms in total. The predicted octanol–water partition coefficient (Wildman–Crippen LogP) is 4.42. The normalized spacial score (nSPS) is 10.6. The molecular formula is C15H26O. The van der Waals surface area contributed by atoms with E-state index < -0.39 is 0 Å². The molecule has 0 amide bonds. The van der Waals surface area contributed by atoms with Gasteiger partial charge in [-0.05, 0) is 17.4 Å². The van der Waals surface area contributed by atoms with Crippen molar-refractivity contribution in [1.82, 2.24) is 0 Å². The minimum absolute atomic E-state index is 0.293. The summed E-state index contributed by atoms with van der Waals surface area (Å²) < 4.78 is 4.78. The summed E-state index contributed by atoms with van der Waals surface area (Å²) in [5, 5.41) is 0. The molecule has 16 heavy (non-hydrogen) atoms. The number of unbranched alkanes of at least 4 members (excludes halogenated alkanes) is 1. The van der Waals surface area contributed by atoms with E-state index in [0.717, 1.165) is 6.61 Å².